The molecule has 0 aliphatic heterocycles. The molecule has 0 radical (unpaired) electrons. The summed E-state index contributed by atoms with van der Waals surface area (Å²) in [5, 5.41) is 3.96. The predicted octanol–water partition coefficient (Wildman–Crippen LogP) is 6.40. The van der Waals surface area contributed by atoms with Crippen molar-refractivity contribution in [2.45, 2.75) is 51.9 Å². The fourth-order valence-corrected chi connectivity index (χ4v) is 3.89. The van der Waals surface area contributed by atoms with Gasteiger partial charge in [0.15, 0.2) is 11.5 Å². The quantitative estimate of drug-likeness (QED) is 0.335. The summed E-state index contributed by atoms with van der Waals surface area (Å²) in [5.74, 6) is 1.23. The molecule has 32 heavy (non-hydrogen) atoms. The maximum absolute atomic E-state index is 13.1. The van der Waals surface area contributed by atoms with E-state index in [0.29, 0.717) is 23.6 Å². The lowest BCUT2D eigenvalue weighted by molar-refractivity contribution is 0.0954. The standard InChI is InChI=1S/C27H34N2O3/c1-4-5-6-7-8-9-12-17-28-27(30)22-19-24(29-23-14-11-10-13-21(22)23)20-15-16-25(31-2)26(18-20)32-3/h10-11,13-16,18-19H,4-9,12,17H2,1-3H3,(H,28,30). The fourth-order valence-electron chi connectivity index (χ4n) is 3.89. The topological polar surface area (TPSA) is 60.5 Å². The smallest absolute Gasteiger partial charge is 0.252 e. The van der Waals surface area contributed by atoms with E-state index in [1.807, 2.05) is 48.5 Å². The number of rotatable bonds is 12. The normalized spacial score (nSPS) is 10.8. The third-order valence-corrected chi connectivity index (χ3v) is 5.71. The number of fused-ring (bicyclic) bond motifs is 1. The number of hydrogen-bond acceptors (Lipinski definition) is 4. The van der Waals surface area contributed by atoms with E-state index in [2.05, 4.69) is 12.2 Å². The Labute approximate surface area is 191 Å². The minimum atomic E-state index is -0.0590. The summed E-state index contributed by atoms with van der Waals surface area (Å²) in [6.45, 7) is 2.92. The molecule has 0 atom stereocenters. The van der Waals surface area contributed by atoms with Gasteiger partial charge in [0.2, 0.25) is 0 Å². The monoisotopic (exact) mass is 434 g/mol. The summed E-state index contributed by atoms with van der Waals surface area (Å²) >= 11 is 0. The van der Waals surface area contributed by atoms with Crippen molar-refractivity contribution in [1.82, 2.24) is 10.3 Å². The number of nitrogens with one attached hydrogen (secondary N) is 1. The molecule has 0 aliphatic rings. The van der Waals surface area contributed by atoms with E-state index < -0.39 is 0 Å². The highest BCUT2D eigenvalue weighted by Crippen LogP contribution is 2.33. The minimum absolute atomic E-state index is 0.0590. The zero-order valence-corrected chi connectivity index (χ0v) is 19.4. The summed E-state index contributed by atoms with van der Waals surface area (Å²) in [7, 11) is 3.22. The van der Waals surface area contributed by atoms with Gasteiger partial charge in [-0.25, -0.2) is 4.98 Å². The van der Waals surface area contributed by atoms with Gasteiger partial charge in [0.1, 0.15) is 0 Å². The Hall–Kier alpha value is -3.08. The lowest BCUT2D eigenvalue weighted by Gasteiger charge is -2.12. The minimum Gasteiger partial charge on any atom is -0.493 e. The van der Waals surface area contributed by atoms with Gasteiger partial charge in [0.25, 0.3) is 5.91 Å². The van der Waals surface area contributed by atoms with Crippen LogP contribution >= 0.6 is 0 Å². The van der Waals surface area contributed by atoms with Gasteiger partial charge >= 0.3 is 0 Å². The molecule has 5 nitrogen and oxygen atoms in total. The van der Waals surface area contributed by atoms with Crippen LogP contribution in [0.5, 0.6) is 11.5 Å². The molecule has 0 bridgehead atoms. The number of benzene rings is 2. The first-order chi connectivity index (χ1) is 15.7. The predicted molar refractivity (Wildman–Crippen MR) is 131 cm³/mol. The van der Waals surface area contributed by atoms with Crippen LogP contribution in [0, 0.1) is 0 Å². The maximum atomic E-state index is 13.1. The van der Waals surface area contributed by atoms with Crippen molar-refractivity contribution in [1.29, 1.82) is 0 Å². The largest absolute Gasteiger partial charge is 0.493 e. The molecule has 0 unspecified atom stereocenters. The summed E-state index contributed by atoms with van der Waals surface area (Å²) in [6.07, 6.45) is 8.56. The molecule has 170 valence electrons. The Bertz CT molecular complexity index is 1030. The molecule has 0 fully saturated rings. The Balaban J connectivity index is 1.76. The molecule has 0 saturated carbocycles. The third-order valence-electron chi connectivity index (χ3n) is 5.71. The highest BCUT2D eigenvalue weighted by atomic mass is 16.5. The van der Waals surface area contributed by atoms with Gasteiger partial charge in [0, 0.05) is 17.5 Å². The molecule has 1 aromatic heterocycles. The lowest BCUT2D eigenvalue weighted by atomic mass is 10.0. The molecule has 0 aliphatic carbocycles. The zero-order valence-electron chi connectivity index (χ0n) is 19.4. The molecular formula is C27H34N2O3. The molecule has 3 aromatic rings. The molecular weight excluding hydrogens is 400 g/mol. The number of amides is 1. The number of aromatic nitrogens is 1. The molecule has 1 amide bonds. The Morgan fingerprint density at radius 2 is 1.59 bits per heavy atom. The van der Waals surface area contributed by atoms with E-state index in [9.17, 15) is 4.79 Å². The average Bonchev–Trinajstić information content (AvgIpc) is 2.84. The van der Waals surface area contributed by atoms with Crippen LogP contribution in [0.2, 0.25) is 0 Å². The van der Waals surface area contributed by atoms with E-state index in [1.165, 1.54) is 32.1 Å². The number of nitrogens with zero attached hydrogens (tertiary/aromatic N) is 1. The van der Waals surface area contributed by atoms with Gasteiger partial charge in [-0.1, -0.05) is 63.6 Å². The first-order valence-electron chi connectivity index (χ1n) is 11.6. The number of para-hydroxylation sites is 1. The highest BCUT2D eigenvalue weighted by molar-refractivity contribution is 6.07. The van der Waals surface area contributed by atoms with Crippen molar-refractivity contribution in [2.24, 2.45) is 0 Å². The van der Waals surface area contributed by atoms with Crippen LogP contribution in [0.15, 0.2) is 48.5 Å². The fraction of sp³-hybridized carbons (Fsp3) is 0.407. The molecule has 0 spiro atoms. The van der Waals surface area contributed by atoms with Crippen molar-refractivity contribution < 1.29 is 14.3 Å². The Morgan fingerprint density at radius 3 is 2.34 bits per heavy atom. The van der Waals surface area contributed by atoms with E-state index in [-0.39, 0.29) is 5.91 Å². The van der Waals surface area contributed by atoms with E-state index in [1.54, 1.807) is 14.2 Å². The summed E-state index contributed by atoms with van der Waals surface area (Å²) in [4.78, 5) is 17.8. The van der Waals surface area contributed by atoms with E-state index >= 15 is 0 Å². The van der Waals surface area contributed by atoms with Crippen molar-refractivity contribution >= 4 is 16.8 Å². The van der Waals surface area contributed by atoms with Gasteiger partial charge in [-0.3, -0.25) is 4.79 Å². The van der Waals surface area contributed by atoms with Gasteiger partial charge < -0.3 is 14.8 Å². The van der Waals surface area contributed by atoms with Gasteiger partial charge in [-0.2, -0.15) is 0 Å². The first kappa shape index (κ1) is 23.6. The van der Waals surface area contributed by atoms with Crippen LogP contribution in [0.4, 0.5) is 0 Å². The first-order valence-corrected chi connectivity index (χ1v) is 11.6. The van der Waals surface area contributed by atoms with Crippen molar-refractivity contribution in [3.8, 4) is 22.8 Å². The van der Waals surface area contributed by atoms with Crippen LogP contribution in [0.1, 0.15) is 62.2 Å². The molecule has 5 heteroatoms. The summed E-state index contributed by atoms with van der Waals surface area (Å²) in [5.41, 5.74) is 3.03. The second kappa shape index (κ2) is 12.1. The Kier molecular flexibility index (Phi) is 8.90. The molecule has 0 saturated heterocycles. The molecule has 1 heterocycles. The maximum Gasteiger partial charge on any atom is 0.252 e. The second-order valence-corrected chi connectivity index (χ2v) is 8.02. The molecule has 3 rings (SSSR count). The lowest BCUT2D eigenvalue weighted by Crippen LogP contribution is -2.24. The number of ether oxygens (including phenoxy) is 2. The number of carbonyl (C=O) groups is 1. The van der Waals surface area contributed by atoms with E-state index in [0.717, 1.165) is 35.0 Å². The number of methoxy groups -OCH3 is 2. The van der Waals surface area contributed by atoms with Gasteiger partial charge in [-0.15, -0.1) is 0 Å². The van der Waals surface area contributed by atoms with Gasteiger partial charge in [0.05, 0.1) is 31.0 Å². The van der Waals surface area contributed by atoms with E-state index in [4.69, 9.17) is 14.5 Å². The van der Waals surface area contributed by atoms with Crippen LogP contribution in [-0.2, 0) is 0 Å². The SMILES string of the molecule is CCCCCCCCCNC(=O)c1cc(-c2ccc(OC)c(OC)c2)nc2ccccc12. The number of carbonyl (C=O) groups excluding carboxylic acids is 1. The second-order valence-electron chi connectivity index (χ2n) is 8.02. The summed E-state index contributed by atoms with van der Waals surface area (Å²) in [6, 6.07) is 15.3. The average molecular weight is 435 g/mol. The van der Waals surface area contributed by atoms with Crippen LogP contribution in [0.25, 0.3) is 22.2 Å². The number of hydrogen-bond donors (Lipinski definition) is 1. The summed E-state index contributed by atoms with van der Waals surface area (Å²) < 4.78 is 10.8. The zero-order chi connectivity index (χ0) is 22.8. The Morgan fingerprint density at radius 1 is 0.875 bits per heavy atom. The highest BCUT2D eigenvalue weighted by Gasteiger charge is 2.15. The third kappa shape index (κ3) is 6.00. The van der Waals surface area contributed by atoms with Crippen molar-refractivity contribution in [2.75, 3.05) is 20.8 Å². The van der Waals surface area contributed by atoms with Crippen molar-refractivity contribution in [3.63, 3.8) is 0 Å². The van der Waals surface area contributed by atoms with Crippen LogP contribution in [-0.4, -0.2) is 31.7 Å². The van der Waals surface area contributed by atoms with Crippen LogP contribution < -0.4 is 14.8 Å². The number of pyridine rings is 1. The van der Waals surface area contributed by atoms with Crippen LogP contribution in [0.3, 0.4) is 0 Å². The number of unbranched alkanes of at least 4 members (excludes halogenated alkanes) is 6. The van der Waals surface area contributed by atoms with Gasteiger partial charge in [-0.05, 0) is 36.8 Å². The molecule has 1 N–H and O–H groups in total. The molecule has 2 aromatic carbocycles. The van der Waals surface area contributed by atoms with Crippen molar-refractivity contribution in [3.05, 3.63) is 54.1 Å².